The second-order valence-electron chi connectivity index (χ2n) is 9.00. The minimum Gasteiger partial charge on any atom is -0.507 e. The Morgan fingerprint density at radius 2 is 1.69 bits per heavy atom. The highest BCUT2D eigenvalue weighted by atomic mass is 16.4. The summed E-state index contributed by atoms with van der Waals surface area (Å²) in [5, 5.41) is 20.7. The number of aromatic amines is 1. The van der Waals surface area contributed by atoms with Gasteiger partial charge in [-0.1, -0.05) is 47.5 Å². The molecule has 3 aromatic carbocycles. The zero-order chi connectivity index (χ0) is 25.7. The number of aliphatic hydroxyl groups excluding tert-OH is 1. The van der Waals surface area contributed by atoms with E-state index in [0.717, 1.165) is 16.7 Å². The van der Waals surface area contributed by atoms with E-state index in [1.54, 1.807) is 12.1 Å². The number of carboxylic acids is 1. The highest BCUT2D eigenvalue weighted by molar-refractivity contribution is 6.51. The van der Waals surface area contributed by atoms with Gasteiger partial charge in [0.2, 0.25) is 5.95 Å². The molecule has 0 aliphatic carbocycles. The lowest BCUT2D eigenvalue weighted by molar-refractivity contribution is -0.132. The highest BCUT2D eigenvalue weighted by Crippen LogP contribution is 2.42. The third-order valence-electron chi connectivity index (χ3n) is 6.40. The minimum absolute atomic E-state index is 0.0361. The number of nitrogens with zero attached hydrogens (tertiary/aromatic N) is 2. The summed E-state index contributed by atoms with van der Waals surface area (Å²) in [4.78, 5) is 46.9. The zero-order valence-corrected chi connectivity index (χ0v) is 19.9. The number of rotatable bonds is 4. The van der Waals surface area contributed by atoms with E-state index in [4.69, 9.17) is 0 Å². The number of hydrogen-bond acceptors (Lipinski definition) is 5. The molecule has 3 N–H and O–H groups in total. The number of anilines is 1. The normalized spacial score (nSPS) is 17.2. The molecule has 1 fully saturated rings. The first-order valence-electron chi connectivity index (χ1n) is 11.3. The molecule has 0 saturated carbocycles. The fourth-order valence-electron chi connectivity index (χ4n) is 4.59. The van der Waals surface area contributed by atoms with E-state index < -0.39 is 23.7 Å². The van der Waals surface area contributed by atoms with Crippen LogP contribution in [-0.4, -0.2) is 37.8 Å². The van der Waals surface area contributed by atoms with Gasteiger partial charge in [0, 0.05) is 5.56 Å². The Morgan fingerprint density at radius 3 is 2.42 bits per heavy atom. The number of aromatic carboxylic acids is 1. The number of carbonyl (C=O) groups excluding carboxylic acids is 2. The van der Waals surface area contributed by atoms with Crippen LogP contribution in [0.2, 0.25) is 0 Å². The Bertz CT molecular complexity index is 1610. The smallest absolute Gasteiger partial charge is 0.335 e. The number of ketones is 1. The minimum atomic E-state index is -1.10. The number of benzene rings is 3. The number of carboxylic acid groups (broad SMARTS) is 1. The van der Waals surface area contributed by atoms with Gasteiger partial charge in [0.05, 0.1) is 28.2 Å². The number of H-pyrrole nitrogens is 1. The van der Waals surface area contributed by atoms with Gasteiger partial charge in [-0.2, -0.15) is 0 Å². The molecule has 1 aliphatic heterocycles. The van der Waals surface area contributed by atoms with Crippen molar-refractivity contribution in [1.82, 2.24) is 9.97 Å². The monoisotopic (exact) mass is 481 g/mol. The summed E-state index contributed by atoms with van der Waals surface area (Å²) >= 11 is 0. The van der Waals surface area contributed by atoms with Gasteiger partial charge in [-0.05, 0) is 56.2 Å². The van der Waals surface area contributed by atoms with Crippen LogP contribution in [0.25, 0.3) is 16.8 Å². The topological polar surface area (TPSA) is 124 Å². The molecule has 2 heterocycles. The van der Waals surface area contributed by atoms with Gasteiger partial charge in [-0.25, -0.2) is 9.78 Å². The first kappa shape index (κ1) is 23.0. The Hall–Kier alpha value is -4.72. The third-order valence-corrected chi connectivity index (χ3v) is 6.40. The second-order valence-corrected chi connectivity index (χ2v) is 9.00. The van der Waals surface area contributed by atoms with Gasteiger partial charge in [-0.15, -0.1) is 0 Å². The van der Waals surface area contributed by atoms with E-state index in [-0.39, 0.29) is 22.8 Å². The molecule has 0 bridgehead atoms. The average Bonchev–Trinajstić information content (AvgIpc) is 3.38. The molecule has 5 rings (SSSR count). The average molecular weight is 482 g/mol. The third kappa shape index (κ3) is 3.73. The first-order valence-corrected chi connectivity index (χ1v) is 11.3. The fourth-order valence-corrected chi connectivity index (χ4v) is 4.59. The van der Waals surface area contributed by atoms with Crippen molar-refractivity contribution in [2.75, 3.05) is 4.90 Å². The molecule has 1 aromatic heterocycles. The maximum absolute atomic E-state index is 13.4. The van der Waals surface area contributed by atoms with Gasteiger partial charge in [0.1, 0.15) is 5.76 Å². The molecular formula is C28H23N3O5. The standard InChI is InChI=1S/C28H23N3O5/c1-14-5-4-6-17(11-14)23-22(24(32)19-12-15(2)7-8-16(19)3)25(33)26(34)31(23)28-29-20-10-9-18(27(35)36)13-21(20)30-28/h4-13,23,32H,1-3H3,(H,29,30)(H,35,36)/b24-22+. The summed E-state index contributed by atoms with van der Waals surface area (Å²) in [6.07, 6.45) is 0. The molecule has 1 aliphatic rings. The summed E-state index contributed by atoms with van der Waals surface area (Å²) in [6, 6.07) is 16.3. The molecule has 0 radical (unpaired) electrons. The summed E-state index contributed by atoms with van der Waals surface area (Å²) in [6.45, 7) is 5.60. The number of aromatic nitrogens is 2. The van der Waals surface area contributed by atoms with Crippen LogP contribution in [0.5, 0.6) is 0 Å². The molecule has 1 atom stereocenters. The molecule has 0 spiro atoms. The lowest BCUT2D eigenvalue weighted by Gasteiger charge is -2.23. The largest absolute Gasteiger partial charge is 0.507 e. The van der Waals surface area contributed by atoms with Gasteiger partial charge in [0.15, 0.2) is 0 Å². The van der Waals surface area contributed by atoms with E-state index in [1.165, 1.54) is 23.1 Å². The van der Waals surface area contributed by atoms with E-state index in [9.17, 15) is 24.6 Å². The predicted molar refractivity (Wildman–Crippen MR) is 135 cm³/mol. The molecule has 1 amide bonds. The lowest BCUT2D eigenvalue weighted by Crippen LogP contribution is -2.30. The number of imidazole rings is 1. The van der Waals surface area contributed by atoms with Gasteiger partial charge in [0.25, 0.3) is 5.78 Å². The Morgan fingerprint density at radius 1 is 0.944 bits per heavy atom. The van der Waals surface area contributed by atoms with Crippen LogP contribution >= 0.6 is 0 Å². The van der Waals surface area contributed by atoms with Crippen molar-refractivity contribution in [3.63, 3.8) is 0 Å². The molecular weight excluding hydrogens is 458 g/mol. The van der Waals surface area contributed by atoms with Crippen molar-refractivity contribution < 1.29 is 24.6 Å². The van der Waals surface area contributed by atoms with E-state index in [2.05, 4.69) is 9.97 Å². The molecule has 1 saturated heterocycles. The molecule has 36 heavy (non-hydrogen) atoms. The number of Topliss-reactive ketones (excluding diaryl/α,β-unsaturated/α-hetero) is 1. The summed E-state index contributed by atoms with van der Waals surface area (Å²) in [5.41, 5.74) is 4.55. The molecule has 8 nitrogen and oxygen atoms in total. The fraction of sp³-hybridized carbons (Fsp3) is 0.143. The SMILES string of the molecule is Cc1cccc(C2/C(=C(\O)c3cc(C)ccc3C)C(=O)C(=O)N2c2nc3ccc(C(=O)O)cc3[nH]2)c1. The van der Waals surface area contributed by atoms with Crippen molar-refractivity contribution in [3.05, 3.63) is 99.6 Å². The molecule has 8 heteroatoms. The maximum atomic E-state index is 13.4. The van der Waals surface area contributed by atoms with Crippen LogP contribution in [-0.2, 0) is 9.59 Å². The summed E-state index contributed by atoms with van der Waals surface area (Å²) in [7, 11) is 0. The van der Waals surface area contributed by atoms with Crippen LogP contribution in [0, 0.1) is 20.8 Å². The van der Waals surface area contributed by atoms with Gasteiger partial charge in [-0.3, -0.25) is 14.5 Å². The van der Waals surface area contributed by atoms with E-state index in [1.807, 2.05) is 51.1 Å². The number of aliphatic hydroxyl groups is 1. The van der Waals surface area contributed by atoms with Crippen LogP contribution in [0.15, 0.2) is 66.2 Å². The zero-order valence-electron chi connectivity index (χ0n) is 19.9. The molecule has 1 unspecified atom stereocenters. The van der Waals surface area contributed by atoms with Crippen molar-refractivity contribution in [1.29, 1.82) is 0 Å². The van der Waals surface area contributed by atoms with Crippen molar-refractivity contribution in [3.8, 4) is 0 Å². The second kappa shape index (κ2) is 8.49. The molecule has 4 aromatic rings. The van der Waals surface area contributed by atoms with Crippen molar-refractivity contribution in [2.45, 2.75) is 26.8 Å². The number of carbonyl (C=O) groups is 3. The first-order chi connectivity index (χ1) is 17.2. The van der Waals surface area contributed by atoms with Crippen LogP contribution in [0.4, 0.5) is 5.95 Å². The number of amides is 1. The lowest BCUT2D eigenvalue weighted by atomic mass is 9.93. The van der Waals surface area contributed by atoms with Crippen molar-refractivity contribution in [2.24, 2.45) is 0 Å². The van der Waals surface area contributed by atoms with E-state index in [0.29, 0.717) is 22.2 Å². The summed E-state index contributed by atoms with van der Waals surface area (Å²) < 4.78 is 0. The number of nitrogens with one attached hydrogen (secondary N) is 1. The molecule has 180 valence electrons. The quantitative estimate of drug-likeness (QED) is 0.218. The Kier molecular flexibility index (Phi) is 5.44. The number of hydrogen-bond donors (Lipinski definition) is 3. The van der Waals surface area contributed by atoms with Gasteiger partial charge >= 0.3 is 11.9 Å². The Balaban J connectivity index is 1.75. The summed E-state index contributed by atoms with van der Waals surface area (Å²) in [5.74, 6) is -2.94. The number of aryl methyl sites for hydroxylation is 3. The van der Waals surface area contributed by atoms with Crippen LogP contribution in [0.1, 0.15) is 44.2 Å². The van der Waals surface area contributed by atoms with Crippen molar-refractivity contribution >= 4 is 40.4 Å². The predicted octanol–water partition coefficient (Wildman–Crippen LogP) is 4.81. The number of fused-ring (bicyclic) bond motifs is 1. The highest BCUT2D eigenvalue weighted by Gasteiger charge is 2.48. The van der Waals surface area contributed by atoms with Crippen LogP contribution < -0.4 is 4.90 Å². The maximum Gasteiger partial charge on any atom is 0.335 e. The van der Waals surface area contributed by atoms with Crippen LogP contribution in [0.3, 0.4) is 0 Å². The Labute approximate surface area is 206 Å². The van der Waals surface area contributed by atoms with Gasteiger partial charge < -0.3 is 15.2 Å². The van der Waals surface area contributed by atoms with E-state index >= 15 is 0 Å².